The summed E-state index contributed by atoms with van der Waals surface area (Å²) < 4.78 is 18.6. The molecule has 0 aromatic heterocycles. The van der Waals surface area contributed by atoms with Crippen LogP contribution in [0.1, 0.15) is 58.6 Å². The average Bonchev–Trinajstić information content (AvgIpc) is 3.35. The second-order valence-corrected chi connectivity index (χ2v) is 17.4. The van der Waals surface area contributed by atoms with E-state index in [4.69, 9.17) is 13.9 Å². The SMILES string of the molecule is COC(=O)[C@H]1OCC[C@H]1[C@H](O[Si](C)(C)C(C)(C)C)[C@H](CC(C)C)N(Cc1ccccc1)Cc1ccccc1. The van der Waals surface area contributed by atoms with Gasteiger partial charge in [-0.3, -0.25) is 4.90 Å². The molecule has 0 N–H and O–H groups in total. The number of hydrogen-bond donors (Lipinski definition) is 0. The first kappa shape index (κ1) is 30.5. The summed E-state index contributed by atoms with van der Waals surface area (Å²) in [5.74, 6) is 0.102. The zero-order chi connectivity index (χ0) is 27.9. The van der Waals surface area contributed by atoms with Gasteiger partial charge < -0.3 is 13.9 Å². The van der Waals surface area contributed by atoms with E-state index < -0.39 is 14.4 Å². The molecule has 1 fully saturated rings. The van der Waals surface area contributed by atoms with Gasteiger partial charge in [0.1, 0.15) is 0 Å². The Hall–Kier alpha value is -1.99. The summed E-state index contributed by atoms with van der Waals surface area (Å²) in [5, 5.41) is 0.0392. The Kier molecular flexibility index (Phi) is 10.8. The van der Waals surface area contributed by atoms with E-state index in [1.807, 2.05) is 0 Å². The standard InChI is InChI=1S/C32H49NO4Si/c1-24(2)21-28(33(22-25-15-11-9-12-16-25)23-26-17-13-10-14-18-26)29(37-38(7,8)32(3,4)5)27-19-20-36-30(27)31(34)35-6/h9-18,24,27-30H,19-23H2,1-8H3/t27-,28-,29-,30-/m0/s1. The molecule has 3 rings (SSSR count). The van der Waals surface area contributed by atoms with Gasteiger partial charge in [0.05, 0.1) is 13.2 Å². The van der Waals surface area contributed by atoms with Gasteiger partial charge in [-0.25, -0.2) is 4.79 Å². The highest BCUT2D eigenvalue weighted by atomic mass is 28.4. The lowest BCUT2D eigenvalue weighted by Crippen LogP contribution is -2.56. The van der Waals surface area contributed by atoms with Crippen molar-refractivity contribution < 1.29 is 18.7 Å². The largest absolute Gasteiger partial charge is 0.467 e. The Morgan fingerprint density at radius 3 is 1.97 bits per heavy atom. The summed E-state index contributed by atoms with van der Waals surface area (Å²) in [6.07, 6.45) is 0.999. The molecule has 0 amide bonds. The molecular weight excluding hydrogens is 490 g/mol. The topological polar surface area (TPSA) is 48.0 Å². The molecule has 1 heterocycles. The number of hydrogen-bond acceptors (Lipinski definition) is 5. The van der Waals surface area contributed by atoms with E-state index in [9.17, 15) is 4.79 Å². The van der Waals surface area contributed by atoms with E-state index in [0.717, 1.165) is 25.9 Å². The summed E-state index contributed by atoms with van der Waals surface area (Å²) in [7, 11) is -0.736. The third-order valence-corrected chi connectivity index (χ3v) is 12.7. The quantitative estimate of drug-likeness (QED) is 0.213. The normalized spacial score (nSPS) is 20.1. The minimum Gasteiger partial charge on any atom is -0.467 e. The summed E-state index contributed by atoms with van der Waals surface area (Å²) in [6, 6.07) is 21.5. The first-order valence-electron chi connectivity index (χ1n) is 14.1. The molecule has 2 aromatic carbocycles. The van der Waals surface area contributed by atoms with E-state index in [-0.39, 0.29) is 29.1 Å². The van der Waals surface area contributed by atoms with Crippen LogP contribution in [0.2, 0.25) is 18.1 Å². The molecule has 4 atom stereocenters. The van der Waals surface area contributed by atoms with Crippen molar-refractivity contribution in [3.8, 4) is 0 Å². The fourth-order valence-corrected chi connectivity index (χ4v) is 6.54. The number of carbonyl (C=O) groups is 1. The van der Waals surface area contributed by atoms with E-state index in [0.29, 0.717) is 12.5 Å². The van der Waals surface area contributed by atoms with Crippen molar-refractivity contribution in [3.05, 3.63) is 71.8 Å². The van der Waals surface area contributed by atoms with Crippen molar-refractivity contribution >= 4 is 14.3 Å². The summed E-state index contributed by atoms with van der Waals surface area (Å²) in [4.78, 5) is 15.5. The molecule has 5 nitrogen and oxygen atoms in total. The van der Waals surface area contributed by atoms with Gasteiger partial charge in [-0.05, 0) is 48.0 Å². The molecule has 1 saturated heterocycles. The zero-order valence-electron chi connectivity index (χ0n) is 24.8. The lowest BCUT2D eigenvalue weighted by atomic mass is 9.85. The van der Waals surface area contributed by atoms with Crippen LogP contribution in [-0.2, 0) is 31.8 Å². The maximum atomic E-state index is 12.9. The highest BCUT2D eigenvalue weighted by Gasteiger charge is 2.49. The van der Waals surface area contributed by atoms with Crippen LogP contribution in [0, 0.1) is 11.8 Å². The van der Waals surface area contributed by atoms with Gasteiger partial charge in [-0.2, -0.15) is 0 Å². The number of rotatable bonds is 12. The molecule has 1 aliphatic rings. The first-order chi connectivity index (χ1) is 17.9. The second-order valence-electron chi connectivity index (χ2n) is 12.7. The minimum absolute atomic E-state index is 0.0392. The summed E-state index contributed by atoms with van der Waals surface area (Å²) >= 11 is 0. The smallest absolute Gasteiger partial charge is 0.335 e. The fraction of sp³-hybridized carbons (Fsp3) is 0.594. The first-order valence-corrected chi connectivity index (χ1v) is 17.0. The number of ether oxygens (including phenoxy) is 2. The van der Waals surface area contributed by atoms with Crippen LogP contribution in [0.3, 0.4) is 0 Å². The Balaban J connectivity index is 2.11. The van der Waals surface area contributed by atoms with Crippen LogP contribution >= 0.6 is 0 Å². The third kappa shape index (κ3) is 8.01. The Labute approximate surface area is 232 Å². The zero-order valence-corrected chi connectivity index (χ0v) is 25.8. The highest BCUT2D eigenvalue weighted by molar-refractivity contribution is 6.74. The van der Waals surface area contributed by atoms with Crippen molar-refractivity contribution in [1.82, 2.24) is 4.90 Å². The Bertz CT molecular complexity index is 948. The molecule has 210 valence electrons. The molecule has 6 heteroatoms. The van der Waals surface area contributed by atoms with Crippen LogP contribution < -0.4 is 0 Å². The van der Waals surface area contributed by atoms with E-state index in [2.05, 4.69) is 113 Å². The maximum absolute atomic E-state index is 12.9. The average molecular weight is 540 g/mol. The fourth-order valence-electron chi connectivity index (χ4n) is 5.17. The predicted molar refractivity (Wildman–Crippen MR) is 157 cm³/mol. The van der Waals surface area contributed by atoms with Gasteiger partial charge >= 0.3 is 5.97 Å². The molecule has 2 aromatic rings. The van der Waals surface area contributed by atoms with Crippen LogP contribution in [0.15, 0.2) is 60.7 Å². The van der Waals surface area contributed by atoms with Gasteiger partial charge in [-0.1, -0.05) is 95.3 Å². The highest BCUT2D eigenvalue weighted by Crippen LogP contribution is 2.42. The lowest BCUT2D eigenvalue weighted by Gasteiger charge is -2.47. The Morgan fingerprint density at radius 2 is 1.53 bits per heavy atom. The number of nitrogens with zero attached hydrogens (tertiary/aromatic N) is 1. The molecule has 0 saturated carbocycles. The molecule has 0 aliphatic carbocycles. The number of carbonyl (C=O) groups excluding carboxylic acids is 1. The van der Waals surface area contributed by atoms with Crippen molar-refractivity contribution in [2.75, 3.05) is 13.7 Å². The third-order valence-electron chi connectivity index (χ3n) is 8.25. The van der Waals surface area contributed by atoms with Crippen molar-refractivity contribution in [2.45, 2.75) is 96.9 Å². The van der Waals surface area contributed by atoms with Gasteiger partial charge in [0.15, 0.2) is 14.4 Å². The van der Waals surface area contributed by atoms with Crippen LogP contribution in [0.5, 0.6) is 0 Å². The second kappa shape index (κ2) is 13.4. The summed E-state index contributed by atoms with van der Waals surface area (Å²) in [5.41, 5.74) is 2.55. The molecule has 0 bridgehead atoms. The van der Waals surface area contributed by atoms with Crippen molar-refractivity contribution in [1.29, 1.82) is 0 Å². The predicted octanol–water partition coefficient (Wildman–Crippen LogP) is 7.07. The molecule has 38 heavy (non-hydrogen) atoms. The number of esters is 1. The number of benzene rings is 2. The van der Waals surface area contributed by atoms with E-state index in [1.54, 1.807) is 0 Å². The van der Waals surface area contributed by atoms with Gasteiger partial charge in [-0.15, -0.1) is 0 Å². The molecular formula is C32H49NO4Si. The van der Waals surface area contributed by atoms with Crippen molar-refractivity contribution in [3.63, 3.8) is 0 Å². The van der Waals surface area contributed by atoms with Crippen LogP contribution in [-0.4, -0.2) is 51.2 Å². The van der Waals surface area contributed by atoms with Gasteiger partial charge in [0.25, 0.3) is 0 Å². The van der Waals surface area contributed by atoms with Crippen LogP contribution in [0.25, 0.3) is 0 Å². The minimum atomic E-state index is -2.19. The van der Waals surface area contributed by atoms with E-state index >= 15 is 0 Å². The monoisotopic (exact) mass is 539 g/mol. The summed E-state index contributed by atoms with van der Waals surface area (Å²) in [6.45, 7) is 18.2. The van der Waals surface area contributed by atoms with Crippen LogP contribution in [0.4, 0.5) is 0 Å². The molecule has 0 spiro atoms. The van der Waals surface area contributed by atoms with Crippen molar-refractivity contribution in [2.24, 2.45) is 11.8 Å². The maximum Gasteiger partial charge on any atom is 0.335 e. The van der Waals surface area contributed by atoms with Gasteiger partial charge in [0.2, 0.25) is 0 Å². The molecule has 1 aliphatic heterocycles. The number of methoxy groups -OCH3 is 1. The molecule has 0 radical (unpaired) electrons. The lowest BCUT2D eigenvalue weighted by molar-refractivity contribution is -0.155. The van der Waals surface area contributed by atoms with Gasteiger partial charge in [0, 0.05) is 31.7 Å². The van der Waals surface area contributed by atoms with E-state index in [1.165, 1.54) is 18.2 Å². The Morgan fingerprint density at radius 1 is 1.00 bits per heavy atom. The molecule has 0 unspecified atom stereocenters.